The van der Waals surface area contributed by atoms with E-state index in [9.17, 15) is 28.1 Å². The second-order valence-corrected chi connectivity index (χ2v) is 6.98. The standard InChI is InChI=1S/C19H19F3N6O3/c1-11-18(24-17(29)10-26-12(2)16(8-23-26)28(30)31)13(3)27(25-11)9-14-5-4-6-15(7-14)19(20,21)22/h4-8H,9-10H2,1-3H3,(H,24,29). The Morgan fingerprint density at radius 2 is 1.90 bits per heavy atom. The van der Waals surface area contributed by atoms with E-state index in [4.69, 9.17) is 0 Å². The van der Waals surface area contributed by atoms with Crippen molar-refractivity contribution in [1.82, 2.24) is 19.6 Å². The van der Waals surface area contributed by atoms with Gasteiger partial charge in [0.05, 0.1) is 34.1 Å². The fourth-order valence-corrected chi connectivity index (χ4v) is 3.14. The molecular weight excluding hydrogens is 417 g/mol. The summed E-state index contributed by atoms with van der Waals surface area (Å²) >= 11 is 0. The highest BCUT2D eigenvalue weighted by Gasteiger charge is 2.30. The third-order valence-corrected chi connectivity index (χ3v) is 4.80. The van der Waals surface area contributed by atoms with Crippen molar-refractivity contribution in [2.45, 2.75) is 40.0 Å². The quantitative estimate of drug-likeness (QED) is 0.469. The highest BCUT2D eigenvalue weighted by atomic mass is 19.4. The van der Waals surface area contributed by atoms with Gasteiger partial charge in [0, 0.05) is 0 Å². The summed E-state index contributed by atoms with van der Waals surface area (Å²) in [6, 6.07) is 4.95. The van der Waals surface area contributed by atoms with Crippen LogP contribution in [0.2, 0.25) is 0 Å². The highest BCUT2D eigenvalue weighted by Crippen LogP contribution is 2.30. The molecule has 0 saturated heterocycles. The molecule has 2 aromatic heterocycles. The number of anilines is 1. The second-order valence-electron chi connectivity index (χ2n) is 6.98. The van der Waals surface area contributed by atoms with Gasteiger partial charge in [-0.1, -0.05) is 12.1 Å². The topological polar surface area (TPSA) is 108 Å². The number of nitrogens with zero attached hydrogens (tertiary/aromatic N) is 5. The van der Waals surface area contributed by atoms with Crippen molar-refractivity contribution in [2.75, 3.05) is 5.32 Å². The summed E-state index contributed by atoms with van der Waals surface area (Å²) in [5.41, 5.74) is 1.20. The maximum absolute atomic E-state index is 12.9. The molecule has 0 spiro atoms. The lowest BCUT2D eigenvalue weighted by Gasteiger charge is -2.10. The van der Waals surface area contributed by atoms with E-state index in [1.165, 1.54) is 22.4 Å². The van der Waals surface area contributed by atoms with Gasteiger partial charge in [0.2, 0.25) is 5.91 Å². The van der Waals surface area contributed by atoms with Crippen LogP contribution in [0.1, 0.15) is 28.2 Å². The van der Waals surface area contributed by atoms with Crippen molar-refractivity contribution >= 4 is 17.3 Å². The molecule has 0 bridgehead atoms. The largest absolute Gasteiger partial charge is 0.416 e. The van der Waals surface area contributed by atoms with E-state index in [0.717, 1.165) is 18.3 Å². The molecule has 1 amide bonds. The number of aromatic nitrogens is 4. The number of nitro groups is 1. The number of amides is 1. The van der Waals surface area contributed by atoms with Crippen molar-refractivity contribution in [3.63, 3.8) is 0 Å². The molecule has 12 heteroatoms. The van der Waals surface area contributed by atoms with Crippen LogP contribution in [-0.4, -0.2) is 30.4 Å². The molecule has 2 heterocycles. The first-order valence-corrected chi connectivity index (χ1v) is 9.14. The van der Waals surface area contributed by atoms with Gasteiger partial charge in [-0.2, -0.15) is 23.4 Å². The van der Waals surface area contributed by atoms with Crippen LogP contribution in [-0.2, 0) is 24.1 Å². The molecule has 3 rings (SSSR count). The van der Waals surface area contributed by atoms with Crippen LogP contribution in [0.5, 0.6) is 0 Å². The summed E-state index contributed by atoms with van der Waals surface area (Å²) < 4.78 is 41.5. The number of rotatable bonds is 6. The normalized spacial score (nSPS) is 11.5. The summed E-state index contributed by atoms with van der Waals surface area (Å²) in [7, 11) is 0. The minimum Gasteiger partial charge on any atom is -0.321 e. The third kappa shape index (κ3) is 4.73. The first kappa shape index (κ1) is 22.0. The molecule has 0 radical (unpaired) electrons. The van der Waals surface area contributed by atoms with Crippen molar-refractivity contribution in [3.8, 4) is 0 Å². The number of benzene rings is 1. The van der Waals surface area contributed by atoms with Crippen LogP contribution < -0.4 is 5.32 Å². The maximum atomic E-state index is 12.9. The van der Waals surface area contributed by atoms with Gasteiger partial charge in [-0.15, -0.1) is 0 Å². The Bertz CT molecular complexity index is 1150. The monoisotopic (exact) mass is 436 g/mol. The number of carbonyl (C=O) groups is 1. The van der Waals surface area contributed by atoms with Gasteiger partial charge in [-0.05, 0) is 38.5 Å². The molecule has 0 aliphatic carbocycles. The predicted octanol–water partition coefficient (Wildman–Crippen LogP) is 3.62. The molecular formula is C19H19F3N6O3. The van der Waals surface area contributed by atoms with E-state index < -0.39 is 22.6 Å². The Morgan fingerprint density at radius 1 is 1.19 bits per heavy atom. The summed E-state index contributed by atoms with van der Waals surface area (Å²) in [5.74, 6) is -0.467. The molecule has 0 saturated carbocycles. The Kier molecular flexibility index (Phi) is 5.82. The SMILES string of the molecule is Cc1nn(Cc2cccc(C(F)(F)F)c2)c(C)c1NC(=O)Cn1ncc([N+](=O)[O-])c1C. The summed E-state index contributed by atoms with van der Waals surface area (Å²) in [6.45, 7) is 4.69. The number of alkyl halides is 3. The molecule has 0 aliphatic heterocycles. The average Bonchev–Trinajstić information content (AvgIpc) is 3.16. The number of hydrogen-bond acceptors (Lipinski definition) is 5. The van der Waals surface area contributed by atoms with E-state index in [1.807, 2.05) is 0 Å². The lowest BCUT2D eigenvalue weighted by molar-refractivity contribution is -0.385. The van der Waals surface area contributed by atoms with Crippen LogP contribution in [0.3, 0.4) is 0 Å². The number of carbonyl (C=O) groups excluding carboxylic acids is 1. The lowest BCUT2D eigenvalue weighted by atomic mass is 10.1. The van der Waals surface area contributed by atoms with Gasteiger partial charge in [0.15, 0.2) is 0 Å². The van der Waals surface area contributed by atoms with Gasteiger partial charge in [-0.3, -0.25) is 24.3 Å². The number of halogens is 3. The fourth-order valence-electron chi connectivity index (χ4n) is 3.14. The maximum Gasteiger partial charge on any atom is 0.416 e. The average molecular weight is 436 g/mol. The fraction of sp³-hybridized carbons (Fsp3) is 0.316. The van der Waals surface area contributed by atoms with Crippen LogP contribution in [0, 0.1) is 30.9 Å². The molecule has 3 aromatic rings. The zero-order valence-corrected chi connectivity index (χ0v) is 16.9. The molecule has 31 heavy (non-hydrogen) atoms. The van der Waals surface area contributed by atoms with Crippen LogP contribution >= 0.6 is 0 Å². The van der Waals surface area contributed by atoms with Crippen molar-refractivity contribution < 1.29 is 22.9 Å². The molecule has 0 unspecified atom stereocenters. The molecule has 1 N–H and O–H groups in total. The van der Waals surface area contributed by atoms with Gasteiger partial charge in [0.25, 0.3) is 0 Å². The molecule has 1 aromatic carbocycles. The molecule has 164 valence electrons. The lowest BCUT2D eigenvalue weighted by Crippen LogP contribution is -2.21. The highest BCUT2D eigenvalue weighted by molar-refractivity contribution is 5.91. The first-order valence-electron chi connectivity index (χ1n) is 9.14. The van der Waals surface area contributed by atoms with E-state index in [2.05, 4.69) is 15.5 Å². The molecule has 9 nitrogen and oxygen atoms in total. The Hall–Kier alpha value is -3.70. The van der Waals surface area contributed by atoms with E-state index in [-0.39, 0.29) is 24.5 Å². The number of hydrogen-bond donors (Lipinski definition) is 1. The Labute approximate surface area is 174 Å². The van der Waals surface area contributed by atoms with Crippen LogP contribution in [0.4, 0.5) is 24.5 Å². The summed E-state index contributed by atoms with van der Waals surface area (Å²) in [4.78, 5) is 22.8. The molecule has 0 aliphatic rings. The Morgan fingerprint density at radius 3 is 2.52 bits per heavy atom. The molecule has 0 fully saturated rings. The van der Waals surface area contributed by atoms with Crippen LogP contribution in [0.15, 0.2) is 30.5 Å². The first-order chi connectivity index (χ1) is 14.5. The smallest absolute Gasteiger partial charge is 0.321 e. The Balaban J connectivity index is 1.76. The van der Waals surface area contributed by atoms with Gasteiger partial charge in [-0.25, -0.2) is 0 Å². The van der Waals surface area contributed by atoms with Gasteiger partial charge in [0.1, 0.15) is 18.4 Å². The summed E-state index contributed by atoms with van der Waals surface area (Å²) in [5, 5.41) is 21.8. The zero-order chi connectivity index (χ0) is 22.9. The van der Waals surface area contributed by atoms with Crippen molar-refractivity contribution in [3.05, 3.63) is 68.8 Å². The predicted molar refractivity (Wildman–Crippen MR) is 104 cm³/mol. The number of aryl methyl sites for hydroxylation is 1. The van der Waals surface area contributed by atoms with Crippen molar-refractivity contribution in [2.24, 2.45) is 0 Å². The van der Waals surface area contributed by atoms with E-state index >= 15 is 0 Å². The number of nitrogens with one attached hydrogen (secondary N) is 1. The minimum atomic E-state index is -4.44. The van der Waals surface area contributed by atoms with Crippen molar-refractivity contribution in [1.29, 1.82) is 0 Å². The van der Waals surface area contributed by atoms with E-state index in [0.29, 0.717) is 22.6 Å². The minimum absolute atomic E-state index is 0.0942. The van der Waals surface area contributed by atoms with Crippen LogP contribution in [0.25, 0.3) is 0 Å². The zero-order valence-electron chi connectivity index (χ0n) is 16.9. The molecule has 0 atom stereocenters. The third-order valence-electron chi connectivity index (χ3n) is 4.80. The second kappa shape index (κ2) is 8.20. The van der Waals surface area contributed by atoms with Gasteiger partial charge >= 0.3 is 11.9 Å². The van der Waals surface area contributed by atoms with Gasteiger partial charge < -0.3 is 5.32 Å². The van der Waals surface area contributed by atoms with E-state index in [1.54, 1.807) is 19.9 Å². The summed E-state index contributed by atoms with van der Waals surface area (Å²) in [6.07, 6.45) is -3.36.